The van der Waals surface area contributed by atoms with Gasteiger partial charge >= 0.3 is 0 Å². The molecule has 0 bridgehead atoms. The quantitative estimate of drug-likeness (QED) is 0.347. The van der Waals surface area contributed by atoms with E-state index in [0.717, 1.165) is 24.3 Å². The lowest BCUT2D eigenvalue weighted by Gasteiger charge is -2.27. The van der Waals surface area contributed by atoms with E-state index < -0.39 is 8.38 Å². The van der Waals surface area contributed by atoms with Crippen LogP contribution in [0.4, 0.5) is 0 Å². The smallest absolute Gasteiger partial charge is 0.286 e. The van der Waals surface area contributed by atoms with Crippen molar-refractivity contribution in [3.05, 3.63) is 57.6 Å². The number of hydrogen-bond acceptors (Lipinski definition) is 2. The van der Waals surface area contributed by atoms with Crippen LogP contribution in [0, 0.1) is 25.7 Å². The summed E-state index contributed by atoms with van der Waals surface area (Å²) in [7, 11) is -1.12. The first-order valence-corrected chi connectivity index (χ1v) is 14.5. The van der Waals surface area contributed by atoms with Crippen LogP contribution in [0.3, 0.4) is 0 Å². The summed E-state index contributed by atoms with van der Waals surface area (Å²) < 4.78 is 13.1. The van der Waals surface area contributed by atoms with Gasteiger partial charge in [0.2, 0.25) is 0 Å². The van der Waals surface area contributed by atoms with E-state index in [1.807, 2.05) is 0 Å². The monoisotopic (exact) mass is 484 g/mol. The molecule has 190 valence electrons. The molecule has 2 aromatic rings. The Hall–Kier alpha value is -1.53. The van der Waals surface area contributed by atoms with Gasteiger partial charge in [0.1, 0.15) is 11.5 Å². The van der Waals surface area contributed by atoms with E-state index in [1.165, 1.54) is 33.4 Å². The van der Waals surface area contributed by atoms with Gasteiger partial charge in [0.05, 0.1) is 0 Å². The summed E-state index contributed by atoms with van der Waals surface area (Å²) in [6.45, 7) is 29.2. The summed E-state index contributed by atoms with van der Waals surface area (Å²) in [5.41, 5.74) is 8.14. The van der Waals surface area contributed by atoms with Gasteiger partial charge in [-0.15, -0.1) is 0 Å². The maximum absolute atomic E-state index is 6.54. The SMILES string of the molecule is Cc1cc(OP(C)Oc2cc(C)c(C(C)(C)C)cc2CC(C)C)c(CC(C)C)cc1C(C)(C)C. The number of aryl methyl sites for hydroxylation is 2. The maximum atomic E-state index is 6.54. The van der Waals surface area contributed by atoms with Crippen LogP contribution >= 0.6 is 8.38 Å². The molecule has 0 radical (unpaired) electrons. The molecule has 0 aliphatic rings. The second-order valence-corrected chi connectivity index (χ2v) is 14.1. The van der Waals surface area contributed by atoms with Crippen molar-refractivity contribution >= 4 is 8.38 Å². The molecule has 34 heavy (non-hydrogen) atoms. The van der Waals surface area contributed by atoms with Gasteiger partial charge in [-0.2, -0.15) is 0 Å². The van der Waals surface area contributed by atoms with Gasteiger partial charge in [-0.05, 0) is 94.9 Å². The summed E-state index contributed by atoms with van der Waals surface area (Å²) >= 11 is 0. The summed E-state index contributed by atoms with van der Waals surface area (Å²) in [6.07, 6.45) is 2.00. The molecule has 0 saturated carbocycles. The molecule has 0 unspecified atom stereocenters. The third-order valence-electron chi connectivity index (χ3n) is 6.14. The van der Waals surface area contributed by atoms with Crippen LogP contribution in [0.25, 0.3) is 0 Å². The molecule has 0 spiro atoms. The van der Waals surface area contributed by atoms with Gasteiger partial charge in [-0.1, -0.05) is 81.4 Å². The first-order valence-electron chi connectivity index (χ1n) is 12.9. The molecule has 0 atom stereocenters. The fourth-order valence-electron chi connectivity index (χ4n) is 4.73. The lowest BCUT2D eigenvalue weighted by atomic mass is 9.82. The first kappa shape index (κ1) is 28.7. The van der Waals surface area contributed by atoms with E-state index >= 15 is 0 Å². The highest BCUT2D eigenvalue weighted by molar-refractivity contribution is 7.47. The Labute approximate surface area is 211 Å². The number of hydrogen-bond donors (Lipinski definition) is 0. The second kappa shape index (κ2) is 11.0. The van der Waals surface area contributed by atoms with Gasteiger partial charge in [0.15, 0.2) is 0 Å². The van der Waals surface area contributed by atoms with Gasteiger partial charge in [0, 0.05) is 6.66 Å². The van der Waals surface area contributed by atoms with Crippen LogP contribution in [-0.2, 0) is 23.7 Å². The van der Waals surface area contributed by atoms with E-state index in [9.17, 15) is 0 Å². The molecule has 0 saturated heterocycles. The Kier molecular flexibility index (Phi) is 9.31. The molecule has 3 heteroatoms. The predicted molar refractivity (Wildman–Crippen MR) is 151 cm³/mol. The van der Waals surface area contributed by atoms with E-state index in [4.69, 9.17) is 9.05 Å². The first-order chi connectivity index (χ1) is 15.5. The lowest BCUT2D eigenvalue weighted by molar-refractivity contribution is 0.480. The van der Waals surface area contributed by atoms with Crippen LogP contribution in [0.15, 0.2) is 24.3 Å². The average molecular weight is 485 g/mol. The van der Waals surface area contributed by atoms with Crippen molar-refractivity contribution in [3.63, 3.8) is 0 Å². The Bertz CT molecular complexity index is 895. The predicted octanol–water partition coefficient (Wildman–Crippen LogP) is 9.69. The normalized spacial score (nSPS) is 12.7. The summed E-state index contributed by atoms with van der Waals surface area (Å²) in [5, 5.41) is 0. The topological polar surface area (TPSA) is 18.5 Å². The minimum Gasteiger partial charge on any atom is -0.438 e. The van der Waals surface area contributed by atoms with Crippen molar-refractivity contribution in [1.29, 1.82) is 0 Å². The molecule has 2 aromatic carbocycles. The van der Waals surface area contributed by atoms with E-state index in [1.54, 1.807) is 0 Å². The highest BCUT2D eigenvalue weighted by Gasteiger charge is 2.23. The van der Waals surface area contributed by atoms with Crippen LogP contribution in [0.2, 0.25) is 0 Å². The Balaban J connectivity index is 2.40. The van der Waals surface area contributed by atoms with Crippen molar-refractivity contribution in [3.8, 4) is 11.5 Å². The molecular formula is C31H49O2P. The van der Waals surface area contributed by atoms with Crippen LogP contribution in [0.5, 0.6) is 11.5 Å². The largest absolute Gasteiger partial charge is 0.438 e. The minimum absolute atomic E-state index is 0.111. The van der Waals surface area contributed by atoms with Gasteiger partial charge in [-0.25, -0.2) is 0 Å². The van der Waals surface area contributed by atoms with E-state index in [2.05, 4.69) is 114 Å². The molecular weight excluding hydrogens is 435 g/mol. The Morgan fingerprint density at radius 3 is 1.24 bits per heavy atom. The molecule has 2 nitrogen and oxygen atoms in total. The van der Waals surface area contributed by atoms with Crippen LogP contribution in [0.1, 0.15) is 103 Å². The van der Waals surface area contributed by atoms with Gasteiger partial charge < -0.3 is 9.05 Å². The van der Waals surface area contributed by atoms with Crippen molar-refractivity contribution in [2.24, 2.45) is 11.8 Å². The van der Waals surface area contributed by atoms with Crippen LogP contribution in [-0.4, -0.2) is 6.66 Å². The average Bonchev–Trinajstić information content (AvgIpc) is 2.63. The highest BCUT2D eigenvalue weighted by atomic mass is 31.2. The Morgan fingerprint density at radius 2 is 0.971 bits per heavy atom. The third kappa shape index (κ3) is 7.74. The summed E-state index contributed by atoms with van der Waals surface area (Å²) in [5.74, 6) is 3.07. The third-order valence-corrected chi connectivity index (χ3v) is 7.05. The molecule has 2 rings (SSSR count). The van der Waals surface area contributed by atoms with Gasteiger partial charge in [0.25, 0.3) is 8.38 Å². The van der Waals surface area contributed by atoms with E-state index in [0.29, 0.717) is 11.8 Å². The zero-order chi connectivity index (χ0) is 26.0. The molecule has 0 amide bonds. The minimum atomic E-state index is -1.12. The number of rotatable bonds is 8. The molecule has 0 aliphatic heterocycles. The van der Waals surface area contributed by atoms with Crippen molar-refractivity contribution in [1.82, 2.24) is 0 Å². The molecule has 0 N–H and O–H groups in total. The Morgan fingerprint density at radius 1 is 0.647 bits per heavy atom. The lowest BCUT2D eigenvalue weighted by Crippen LogP contribution is -2.15. The van der Waals surface area contributed by atoms with Crippen molar-refractivity contribution < 1.29 is 9.05 Å². The van der Waals surface area contributed by atoms with Crippen molar-refractivity contribution in [2.75, 3.05) is 6.66 Å². The fraction of sp³-hybridized carbons (Fsp3) is 0.613. The fourth-order valence-corrected chi connectivity index (χ4v) is 5.66. The van der Waals surface area contributed by atoms with E-state index in [-0.39, 0.29) is 10.8 Å². The van der Waals surface area contributed by atoms with Gasteiger partial charge in [-0.3, -0.25) is 0 Å². The second-order valence-electron chi connectivity index (χ2n) is 12.9. The summed E-state index contributed by atoms with van der Waals surface area (Å²) in [4.78, 5) is 0. The number of benzene rings is 2. The molecule has 0 heterocycles. The van der Waals surface area contributed by atoms with Crippen molar-refractivity contribution in [2.45, 2.75) is 107 Å². The zero-order valence-electron chi connectivity index (χ0n) is 24.1. The van der Waals surface area contributed by atoms with Crippen LogP contribution < -0.4 is 9.05 Å². The highest BCUT2D eigenvalue weighted by Crippen LogP contribution is 2.43. The standard InChI is InChI=1S/C31H49O2P/c1-20(2)14-24-18-26(30(7,8)9)22(5)16-28(24)32-34(13)33-29-17-23(6)27(31(10,11)12)19-25(29)15-21(3)4/h16-21H,14-15H2,1-13H3. The summed E-state index contributed by atoms with van der Waals surface area (Å²) in [6, 6.07) is 9.17. The molecule has 0 fully saturated rings. The molecule has 0 aromatic heterocycles. The zero-order valence-corrected chi connectivity index (χ0v) is 25.0. The maximum Gasteiger partial charge on any atom is 0.286 e. The molecule has 0 aliphatic carbocycles.